The third-order valence-corrected chi connectivity index (χ3v) is 4.56. The molecule has 0 saturated heterocycles. The predicted octanol–water partition coefficient (Wildman–Crippen LogP) is 3.36. The summed E-state index contributed by atoms with van der Waals surface area (Å²) < 4.78 is 11.2. The lowest BCUT2D eigenvalue weighted by atomic mass is 9.95. The second-order valence-corrected chi connectivity index (χ2v) is 6.49. The lowest BCUT2D eigenvalue weighted by Crippen LogP contribution is -2.39. The molecule has 0 bridgehead atoms. The number of anilines is 1. The van der Waals surface area contributed by atoms with Gasteiger partial charge in [0.15, 0.2) is 11.5 Å². The SMILES string of the molecule is O=C(CNc1cc2c(cc1Cl)OCCCO2)NC1CCCCC1. The average molecular weight is 339 g/mol. The monoisotopic (exact) mass is 338 g/mol. The Morgan fingerprint density at radius 2 is 1.78 bits per heavy atom. The highest BCUT2D eigenvalue weighted by molar-refractivity contribution is 6.33. The van der Waals surface area contributed by atoms with Crippen LogP contribution in [0.4, 0.5) is 5.69 Å². The van der Waals surface area contributed by atoms with Crippen molar-refractivity contribution >= 4 is 23.2 Å². The lowest BCUT2D eigenvalue weighted by Gasteiger charge is -2.23. The molecule has 1 amide bonds. The third-order valence-electron chi connectivity index (χ3n) is 4.25. The van der Waals surface area contributed by atoms with Gasteiger partial charge in [-0.2, -0.15) is 0 Å². The molecule has 23 heavy (non-hydrogen) atoms. The number of benzene rings is 1. The van der Waals surface area contributed by atoms with Gasteiger partial charge in [-0.15, -0.1) is 0 Å². The van der Waals surface area contributed by atoms with E-state index in [4.69, 9.17) is 21.1 Å². The van der Waals surface area contributed by atoms with Gasteiger partial charge < -0.3 is 20.1 Å². The summed E-state index contributed by atoms with van der Waals surface area (Å²) in [5, 5.41) is 6.70. The summed E-state index contributed by atoms with van der Waals surface area (Å²) in [4.78, 5) is 12.1. The zero-order valence-corrected chi connectivity index (χ0v) is 14.0. The minimum Gasteiger partial charge on any atom is -0.490 e. The fourth-order valence-electron chi connectivity index (χ4n) is 3.02. The number of hydrogen-bond acceptors (Lipinski definition) is 4. The molecule has 1 aromatic rings. The number of carbonyl (C=O) groups is 1. The van der Waals surface area contributed by atoms with Crippen molar-refractivity contribution in [2.75, 3.05) is 25.1 Å². The Hall–Kier alpha value is -1.62. The van der Waals surface area contributed by atoms with E-state index < -0.39 is 0 Å². The Balaban J connectivity index is 1.57. The summed E-state index contributed by atoms with van der Waals surface area (Å²) in [5.74, 6) is 1.33. The van der Waals surface area contributed by atoms with E-state index in [0.717, 1.165) is 19.3 Å². The van der Waals surface area contributed by atoms with Crippen LogP contribution >= 0.6 is 11.6 Å². The van der Waals surface area contributed by atoms with Gasteiger partial charge in [-0.25, -0.2) is 0 Å². The molecule has 1 aliphatic carbocycles. The van der Waals surface area contributed by atoms with E-state index in [1.807, 2.05) is 0 Å². The van der Waals surface area contributed by atoms with Crippen molar-refractivity contribution in [2.45, 2.75) is 44.6 Å². The standard InChI is InChI=1S/C17H23ClN2O3/c18-13-9-15-16(23-8-4-7-22-15)10-14(13)19-11-17(21)20-12-5-2-1-3-6-12/h9-10,12,19H,1-8,11H2,(H,20,21). The molecule has 1 fully saturated rings. The van der Waals surface area contributed by atoms with Gasteiger partial charge in [0.2, 0.25) is 5.91 Å². The van der Waals surface area contributed by atoms with E-state index in [2.05, 4.69) is 10.6 Å². The lowest BCUT2D eigenvalue weighted by molar-refractivity contribution is -0.120. The van der Waals surface area contributed by atoms with Crippen molar-refractivity contribution in [3.05, 3.63) is 17.2 Å². The van der Waals surface area contributed by atoms with E-state index in [-0.39, 0.29) is 12.5 Å². The number of ether oxygens (including phenoxy) is 2. The molecule has 0 unspecified atom stereocenters. The van der Waals surface area contributed by atoms with Crippen LogP contribution in [0.25, 0.3) is 0 Å². The number of hydrogen-bond donors (Lipinski definition) is 2. The Kier molecular flexibility index (Phi) is 5.49. The number of nitrogens with one attached hydrogen (secondary N) is 2. The molecule has 1 aromatic carbocycles. The highest BCUT2D eigenvalue weighted by Gasteiger charge is 2.17. The summed E-state index contributed by atoms with van der Waals surface area (Å²) >= 11 is 6.26. The fourth-order valence-corrected chi connectivity index (χ4v) is 3.24. The Labute approximate surface area is 141 Å². The van der Waals surface area contributed by atoms with Gasteiger partial charge in [-0.3, -0.25) is 4.79 Å². The van der Waals surface area contributed by atoms with E-state index in [9.17, 15) is 4.79 Å². The molecule has 0 atom stereocenters. The van der Waals surface area contributed by atoms with Gasteiger partial charge in [0.1, 0.15) is 0 Å². The van der Waals surface area contributed by atoms with Crippen molar-refractivity contribution in [1.82, 2.24) is 5.32 Å². The molecule has 0 aromatic heterocycles. The number of fused-ring (bicyclic) bond motifs is 1. The molecule has 1 aliphatic heterocycles. The molecule has 0 spiro atoms. The molecule has 0 radical (unpaired) electrons. The maximum absolute atomic E-state index is 12.1. The van der Waals surface area contributed by atoms with Crippen molar-refractivity contribution in [1.29, 1.82) is 0 Å². The number of amides is 1. The topological polar surface area (TPSA) is 59.6 Å². The molecular formula is C17H23ClN2O3. The highest BCUT2D eigenvalue weighted by atomic mass is 35.5. The van der Waals surface area contributed by atoms with Crippen LogP contribution in [0.15, 0.2) is 12.1 Å². The number of halogens is 1. The zero-order chi connectivity index (χ0) is 16.1. The largest absolute Gasteiger partial charge is 0.490 e. The second-order valence-electron chi connectivity index (χ2n) is 6.09. The molecule has 3 rings (SSSR count). The van der Waals surface area contributed by atoms with E-state index in [1.165, 1.54) is 19.3 Å². The van der Waals surface area contributed by atoms with Crippen LogP contribution in [0, 0.1) is 0 Å². The van der Waals surface area contributed by atoms with Crippen LogP contribution in [0.3, 0.4) is 0 Å². The minimum absolute atomic E-state index is 0.0000722. The predicted molar refractivity (Wildman–Crippen MR) is 90.6 cm³/mol. The zero-order valence-electron chi connectivity index (χ0n) is 13.2. The molecular weight excluding hydrogens is 316 g/mol. The summed E-state index contributed by atoms with van der Waals surface area (Å²) in [7, 11) is 0. The fraction of sp³-hybridized carbons (Fsp3) is 0.588. The Morgan fingerprint density at radius 1 is 1.09 bits per heavy atom. The van der Waals surface area contributed by atoms with Gasteiger partial charge in [0.25, 0.3) is 0 Å². The van der Waals surface area contributed by atoms with Crippen LogP contribution in [0.5, 0.6) is 11.5 Å². The van der Waals surface area contributed by atoms with Crippen molar-refractivity contribution in [3.8, 4) is 11.5 Å². The number of rotatable bonds is 4. The summed E-state index contributed by atoms with van der Waals surface area (Å²) in [5.41, 5.74) is 0.690. The van der Waals surface area contributed by atoms with E-state index in [1.54, 1.807) is 12.1 Å². The minimum atomic E-state index is 0.0000722. The average Bonchev–Trinajstić information content (AvgIpc) is 2.78. The normalized spacial score (nSPS) is 18.1. The van der Waals surface area contributed by atoms with Crippen LogP contribution < -0.4 is 20.1 Å². The van der Waals surface area contributed by atoms with Gasteiger partial charge in [-0.1, -0.05) is 30.9 Å². The third kappa shape index (κ3) is 4.44. The molecule has 126 valence electrons. The Bertz CT molecular complexity index is 559. The first-order valence-electron chi connectivity index (χ1n) is 8.35. The molecule has 1 heterocycles. The quantitative estimate of drug-likeness (QED) is 0.883. The summed E-state index contributed by atoms with van der Waals surface area (Å²) in [6.45, 7) is 1.45. The van der Waals surface area contributed by atoms with E-state index >= 15 is 0 Å². The van der Waals surface area contributed by atoms with Gasteiger partial charge in [0, 0.05) is 24.6 Å². The summed E-state index contributed by atoms with van der Waals surface area (Å²) in [6, 6.07) is 3.86. The molecule has 2 N–H and O–H groups in total. The maximum atomic E-state index is 12.1. The van der Waals surface area contributed by atoms with Crippen molar-refractivity contribution < 1.29 is 14.3 Å². The van der Waals surface area contributed by atoms with Crippen molar-refractivity contribution in [3.63, 3.8) is 0 Å². The Morgan fingerprint density at radius 3 is 2.52 bits per heavy atom. The first kappa shape index (κ1) is 16.2. The highest BCUT2D eigenvalue weighted by Crippen LogP contribution is 2.37. The first-order valence-corrected chi connectivity index (χ1v) is 8.72. The maximum Gasteiger partial charge on any atom is 0.239 e. The number of carbonyl (C=O) groups excluding carboxylic acids is 1. The van der Waals surface area contributed by atoms with Gasteiger partial charge in [0.05, 0.1) is 30.5 Å². The van der Waals surface area contributed by atoms with Crippen LogP contribution in [-0.4, -0.2) is 31.7 Å². The van der Waals surface area contributed by atoms with Crippen molar-refractivity contribution in [2.24, 2.45) is 0 Å². The summed E-state index contributed by atoms with van der Waals surface area (Å²) in [6.07, 6.45) is 6.68. The van der Waals surface area contributed by atoms with Crippen LogP contribution in [-0.2, 0) is 4.79 Å². The second kappa shape index (κ2) is 7.77. The molecule has 5 nitrogen and oxygen atoms in total. The molecule has 1 saturated carbocycles. The van der Waals surface area contributed by atoms with Crippen LogP contribution in [0.1, 0.15) is 38.5 Å². The first-order chi connectivity index (χ1) is 11.2. The van der Waals surface area contributed by atoms with Crippen LogP contribution in [0.2, 0.25) is 5.02 Å². The van der Waals surface area contributed by atoms with Gasteiger partial charge in [-0.05, 0) is 12.8 Å². The van der Waals surface area contributed by atoms with E-state index in [0.29, 0.717) is 41.5 Å². The smallest absolute Gasteiger partial charge is 0.239 e. The van der Waals surface area contributed by atoms with Gasteiger partial charge >= 0.3 is 0 Å². The molecule has 6 heteroatoms. The molecule has 2 aliphatic rings.